The number of H-pyrrole nitrogens is 1. The number of imidazole rings is 1. The minimum Gasteiger partial charge on any atom is -0.345 e. The van der Waals surface area contributed by atoms with Crippen LogP contribution >= 0.6 is 0 Å². The molecule has 2 heterocycles. The second-order valence-electron chi connectivity index (χ2n) is 8.99. The first kappa shape index (κ1) is 18.4. The molecule has 4 rings (SSSR count). The van der Waals surface area contributed by atoms with Gasteiger partial charge in [0.1, 0.15) is 0 Å². The molecular formula is C23H29N3. The first-order valence-corrected chi connectivity index (χ1v) is 9.24. The van der Waals surface area contributed by atoms with E-state index >= 15 is 0 Å². The number of aliphatic imine (C=N–C) groups is 1. The molecule has 0 unspecified atom stereocenters. The molecule has 26 heavy (non-hydrogen) atoms. The van der Waals surface area contributed by atoms with Crippen LogP contribution in [0.2, 0.25) is 0 Å². The predicted molar refractivity (Wildman–Crippen MR) is 112 cm³/mol. The Bertz CT molecular complexity index is 934. The number of nitrogens with zero attached hydrogens (tertiary/aromatic N) is 2. The molecule has 1 aromatic heterocycles. The van der Waals surface area contributed by atoms with Crippen molar-refractivity contribution in [2.24, 2.45) is 4.99 Å². The summed E-state index contributed by atoms with van der Waals surface area (Å²) in [5.41, 5.74) is 7.86. The maximum atomic E-state index is 4.30. The van der Waals surface area contributed by atoms with Crippen molar-refractivity contribution >= 4 is 22.9 Å². The van der Waals surface area contributed by atoms with Crippen LogP contribution < -0.4 is 0 Å². The van der Waals surface area contributed by atoms with Crippen molar-refractivity contribution in [3.63, 3.8) is 0 Å². The molecule has 1 N–H and O–H groups in total. The van der Waals surface area contributed by atoms with E-state index in [1.165, 1.54) is 16.7 Å². The molecule has 2 aromatic carbocycles. The minimum absolute atomic E-state index is 0.208. The fourth-order valence-corrected chi connectivity index (χ4v) is 2.99. The van der Waals surface area contributed by atoms with Gasteiger partial charge in [0, 0.05) is 12.6 Å². The molecule has 3 heteroatoms. The van der Waals surface area contributed by atoms with Gasteiger partial charge in [0.15, 0.2) is 0 Å². The van der Waals surface area contributed by atoms with Crippen LogP contribution in [0.3, 0.4) is 0 Å². The lowest BCUT2D eigenvalue weighted by Crippen LogP contribution is -2.10. The lowest BCUT2D eigenvalue weighted by molar-refractivity contribution is 0.590. The highest BCUT2D eigenvalue weighted by Gasteiger charge is 2.16. The van der Waals surface area contributed by atoms with E-state index in [1.807, 2.05) is 6.21 Å². The van der Waals surface area contributed by atoms with E-state index in [9.17, 15) is 0 Å². The quantitative estimate of drug-likeness (QED) is 0.524. The lowest BCUT2D eigenvalue weighted by Gasteiger charge is -2.19. The highest BCUT2D eigenvalue weighted by molar-refractivity contribution is 5.76. The summed E-state index contributed by atoms with van der Waals surface area (Å²) >= 11 is 0. The lowest BCUT2D eigenvalue weighted by atomic mass is 9.86. The zero-order valence-corrected chi connectivity index (χ0v) is 16.7. The fraction of sp³-hybridized carbons (Fsp3) is 0.391. The fourth-order valence-electron chi connectivity index (χ4n) is 2.99. The van der Waals surface area contributed by atoms with Gasteiger partial charge >= 0.3 is 0 Å². The summed E-state index contributed by atoms with van der Waals surface area (Å²) in [5, 5.41) is 0. The molecule has 3 aromatic rings. The van der Waals surface area contributed by atoms with Gasteiger partial charge in [0.25, 0.3) is 0 Å². The Morgan fingerprint density at radius 1 is 0.846 bits per heavy atom. The summed E-state index contributed by atoms with van der Waals surface area (Å²) in [6.45, 7) is 13.4. The molecule has 0 radical (unpaired) electrons. The van der Waals surface area contributed by atoms with Gasteiger partial charge in [-0.05, 0) is 45.7 Å². The number of hydrogen-bond donors (Lipinski definition) is 1. The SMILES string of the molecule is CC(C)(C)c1ccc2c(c1)CC=N2.CC(C)(C)c1ccc2nc[nH]c2c1. The van der Waals surface area contributed by atoms with Crippen molar-refractivity contribution in [1.29, 1.82) is 0 Å². The molecule has 1 aliphatic rings. The standard InChI is InChI=1S/C12H15N.C11H14N2/c1-12(2,3)10-4-5-11-9(8-10)6-7-13-11;1-11(2,3)8-4-5-9-10(6-8)13-7-12-9/h4-5,7-8H,6H2,1-3H3;4-7H,1-3H3,(H,12,13). The first-order chi connectivity index (χ1) is 12.1. The molecule has 0 atom stereocenters. The molecule has 136 valence electrons. The van der Waals surface area contributed by atoms with Gasteiger partial charge < -0.3 is 4.98 Å². The number of fused-ring (bicyclic) bond motifs is 2. The number of aromatic nitrogens is 2. The zero-order valence-electron chi connectivity index (χ0n) is 16.7. The molecule has 1 aliphatic heterocycles. The summed E-state index contributed by atoms with van der Waals surface area (Å²) in [4.78, 5) is 11.6. The Hall–Kier alpha value is -2.42. The molecule has 0 fully saturated rings. The smallest absolute Gasteiger partial charge is 0.0931 e. The van der Waals surface area contributed by atoms with Gasteiger partial charge in [-0.25, -0.2) is 4.98 Å². The van der Waals surface area contributed by atoms with Crippen molar-refractivity contribution in [1.82, 2.24) is 9.97 Å². The monoisotopic (exact) mass is 347 g/mol. The Morgan fingerprint density at radius 2 is 1.50 bits per heavy atom. The van der Waals surface area contributed by atoms with Crippen LogP contribution in [0, 0.1) is 0 Å². The van der Waals surface area contributed by atoms with E-state index in [2.05, 4.69) is 92.9 Å². The predicted octanol–water partition coefficient (Wildman–Crippen LogP) is 6.10. The largest absolute Gasteiger partial charge is 0.345 e. The zero-order chi connectivity index (χ0) is 18.9. The maximum absolute atomic E-state index is 4.30. The van der Waals surface area contributed by atoms with Crippen molar-refractivity contribution in [3.8, 4) is 0 Å². The molecule has 3 nitrogen and oxygen atoms in total. The summed E-state index contributed by atoms with van der Waals surface area (Å²) in [6.07, 6.45) is 4.72. The normalized spacial score (nSPS) is 13.5. The van der Waals surface area contributed by atoms with E-state index in [0.717, 1.165) is 23.1 Å². The molecule has 0 saturated heterocycles. The Balaban J connectivity index is 0.000000151. The minimum atomic E-state index is 0.208. The van der Waals surface area contributed by atoms with E-state index in [4.69, 9.17) is 0 Å². The van der Waals surface area contributed by atoms with Gasteiger partial charge in [-0.2, -0.15) is 0 Å². The van der Waals surface area contributed by atoms with E-state index in [1.54, 1.807) is 6.33 Å². The third-order valence-corrected chi connectivity index (χ3v) is 4.77. The molecule has 0 aliphatic carbocycles. The van der Waals surface area contributed by atoms with Crippen molar-refractivity contribution < 1.29 is 0 Å². The van der Waals surface area contributed by atoms with Crippen molar-refractivity contribution in [3.05, 3.63) is 59.4 Å². The average molecular weight is 348 g/mol. The number of nitrogens with one attached hydrogen (secondary N) is 1. The van der Waals surface area contributed by atoms with Crippen LogP contribution in [0.15, 0.2) is 47.7 Å². The Labute approximate surface area is 156 Å². The van der Waals surface area contributed by atoms with Crippen LogP contribution in [0.5, 0.6) is 0 Å². The maximum Gasteiger partial charge on any atom is 0.0931 e. The highest BCUT2D eigenvalue weighted by atomic mass is 14.9. The Morgan fingerprint density at radius 3 is 2.19 bits per heavy atom. The van der Waals surface area contributed by atoms with Crippen molar-refractivity contribution in [2.75, 3.05) is 0 Å². The van der Waals surface area contributed by atoms with Crippen LogP contribution in [0.1, 0.15) is 58.2 Å². The summed E-state index contributed by atoms with van der Waals surface area (Å²) in [6, 6.07) is 13.0. The second-order valence-corrected chi connectivity index (χ2v) is 8.99. The highest BCUT2D eigenvalue weighted by Crippen LogP contribution is 2.30. The Kier molecular flexibility index (Phi) is 4.74. The second kappa shape index (κ2) is 6.71. The van der Waals surface area contributed by atoms with E-state index < -0.39 is 0 Å². The van der Waals surface area contributed by atoms with Crippen LogP contribution in [-0.2, 0) is 17.3 Å². The van der Waals surface area contributed by atoms with E-state index in [-0.39, 0.29) is 10.8 Å². The third kappa shape index (κ3) is 4.04. The van der Waals surface area contributed by atoms with Crippen LogP contribution in [-0.4, -0.2) is 16.2 Å². The van der Waals surface area contributed by atoms with E-state index in [0.29, 0.717) is 0 Å². The topological polar surface area (TPSA) is 41.0 Å². The summed E-state index contributed by atoms with van der Waals surface area (Å²) in [5.74, 6) is 0. The molecule has 0 amide bonds. The number of rotatable bonds is 0. The van der Waals surface area contributed by atoms with Gasteiger partial charge in [-0.15, -0.1) is 0 Å². The average Bonchev–Trinajstić information content (AvgIpc) is 3.21. The summed E-state index contributed by atoms with van der Waals surface area (Å²) in [7, 11) is 0. The van der Waals surface area contributed by atoms with Gasteiger partial charge in [0.05, 0.1) is 23.0 Å². The molecule has 0 spiro atoms. The van der Waals surface area contributed by atoms with Crippen molar-refractivity contribution in [2.45, 2.75) is 58.8 Å². The summed E-state index contributed by atoms with van der Waals surface area (Å²) < 4.78 is 0. The third-order valence-electron chi connectivity index (χ3n) is 4.77. The number of benzene rings is 2. The number of hydrogen-bond acceptors (Lipinski definition) is 2. The van der Waals surface area contributed by atoms with Crippen LogP contribution in [0.25, 0.3) is 11.0 Å². The van der Waals surface area contributed by atoms with Gasteiger partial charge in [-0.3, -0.25) is 4.99 Å². The van der Waals surface area contributed by atoms with Crippen LogP contribution in [0.4, 0.5) is 5.69 Å². The van der Waals surface area contributed by atoms with Gasteiger partial charge in [-0.1, -0.05) is 59.7 Å². The number of aromatic amines is 1. The molecular weight excluding hydrogens is 318 g/mol. The molecule has 0 saturated carbocycles. The molecule has 0 bridgehead atoms. The van der Waals surface area contributed by atoms with Gasteiger partial charge in [0.2, 0.25) is 0 Å². The first-order valence-electron chi connectivity index (χ1n) is 9.24.